The molecule has 4 aliphatic rings. The highest BCUT2D eigenvalue weighted by molar-refractivity contribution is 7.23. The Balaban J connectivity index is 1.40. The van der Waals surface area contributed by atoms with Crippen LogP contribution in [0.25, 0.3) is 30.9 Å². The molecule has 0 radical (unpaired) electrons. The van der Waals surface area contributed by atoms with Crippen molar-refractivity contribution in [2.24, 2.45) is 23.7 Å². The summed E-state index contributed by atoms with van der Waals surface area (Å²) in [6.45, 7) is 28.9. The fourth-order valence-electron chi connectivity index (χ4n) is 14.7. The molecule has 2 aliphatic heterocycles. The van der Waals surface area contributed by atoms with E-state index in [0.29, 0.717) is 72.6 Å². The van der Waals surface area contributed by atoms with Gasteiger partial charge in [-0.25, -0.2) is 0 Å². The zero-order valence-corrected chi connectivity index (χ0v) is 54.6. The number of rotatable bonds is 38. The van der Waals surface area contributed by atoms with Gasteiger partial charge in [0.05, 0.1) is 45.4 Å². The first-order chi connectivity index (χ1) is 39.0. The third-order valence-corrected chi connectivity index (χ3v) is 23.2. The SMILES string of the molecule is CCCCCC(CC)C1(CC(CC)CCCC)c2ccsc2-c2sc(C3=C4C(=O)N(CC(OCC)OCC)C(c5cc6c(s5)-c5sccc5C6(CC(CC)CCCC)CC(CC)CCCC)=C4C(=O)N3CC(OCC)OCC)cc21. The third-order valence-electron chi connectivity index (χ3n) is 18.8. The Bertz CT molecular complexity index is 2690. The molecule has 5 atom stereocenters. The van der Waals surface area contributed by atoms with Crippen molar-refractivity contribution in [2.45, 2.75) is 235 Å². The van der Waals surface area contributed by atoms with Crippen molar-refractivity contribution in [3.63, 3.8) is 0 Å². The van der Waals surface area contributed by atoms with Crippen molar-refractivity contribution in [1.29, 1.82) is 0 Å². The van der Waals surface area contributed by atoms with Crippen molar-refractivity contribution in [3.05, 3.63) is 78.2 Å². The maximum absolute atomic E-state index is 16.3. The zero-order valence-electron chi connectivity index (χ0n) is 51.3. The molecule has 4 aromatic rings. The van der Waals surface area contributed by atoms with Gasteiger partial charge >= 0.3 is 0 Å². The van der Waals surface area contributed by atoms with Crippen LogP contribution in [0.15, 0.2) is 46.2 Å². The summed E-state index contributed by atoms with van der Waals surface area (Å²) in [7, 11) is 0. The average molecular weight is 1170 g/mol. The van der Waals surface area contributed by atoms with Crippen molar-refractivity contribution in [3.8, 4) is 19.5 Å². The number of amides is 2. The van der Waals surface area contributed by atoms with Crippen molar-refractivity contribution in [1.82, 2.24) is 9.80 Å². The number of unbranched alkanes of at least 4 members (excludes halogenated alkanes) is 5. The fraction of sp³-hybridized carbons (Fsp3) is 0.676. The second-order valence-corrected chi connectivity index (χ2v) is 27.4. The molecule has 0 bridgehead atoms. The van der Waals surface area contributed by atoms with E-state index in [1.54, 1.807) is 22.7 Å². The molecule has 8 nitrogen and oxygen atoms in total. The van der Waals surface area contributed by atoms with Crippen molar-refractivity contribution < 1.29 is 28.5 Å². The molecular weight excluding hydrogens is 1070 g/mol. The minimum Gasteiger partial charge on any atom is -0.351 e. The quantitative estimate of drug-likeness (QED) is 0.0329. The van der Waals surface area contributed by atoms with E-state index in [1.165, 1.54) is 125 Å². The van der Waals surface area contributed by atoms with Crippen LogP contribution in [0.5, 0.6) is 0 Å². The smallest absolute Gasteiger partial charge is 0.261 e. The Morgan fingerprint density at radius 3 is 1.32 bits per heavy atom. The summed E-state index contributed by atoms with van der Waals surface area (Å²) >= 11 is 7.32. The molecule has 442 valence electrons. The highest BCUT2D eigenvalue weighted by atomic mass is 32.1. The molecule has 0 fully saturated rings. The number of nitrogens with zero attached hydrogens (tertiary/aromatic N) is 2. The molecule has 5 unspecified atom stereocenters. The van der Waals surface area contributed by atoms with E-state index in [9.17, 15) is 0 Å². The van der Waals surface area contributed by atoms with Crippen LogP contribution < -0.4 is 0 Å². The van der Waals surface area contributed by atoms with E-state index in [2.05, 4.69) is 90.4 Å². The molecule has 4 aromatic heterocycles. The van der Waals surface area contributed by atoms with Crippen LogP contribution in [0.2, 0.25) is 0 Å². The van der Waals surface area contributed by atoms with E-state index in [4.69, 9.17) is 18.9 Å². The van der Waals surface area contributed by atoms with E-state index in [-0.39, 0.29) is 35.7 Å². The summed E-state index contributed by atoms with van der Waals surface area (Å²) < 4.78 is 25.3. The first-order valence-electron chi connectivity index (χ1n) is 32.0. The summed E-state index contributed by atoms with van der Waals surface area (Å²) in [6.07, 6.45) is 22.3. The topological polar surface area (TPSA) is 77.5 Å². The molecule has 8 rings (SSSR count). The minimum absolute atomic E-state index is 0.164. The van der Waals surface area contributed by atoms with Gasteiger partial charge in [-0.2, -0.15) is 0 Å². The molecule has 2 amide bonds. The molecule has 80 heavy (non-hydrogen) atoms. The summed E-state index contributed by atoms with van der Waals surface area (Å²) in [6, 6.07) is 9.81. The van der Waals surface area contributed by atoms with Gasteiger partial charge in [-0.3, -0.25) is 9.59 Å². The van der Waals surface area contributed by atoms with E-state index in [0.717, 1.165) is 54.7 Å². The second kappa shape index (κ2) is 29.2. The lowest BCUT2D eigenvalue weighted by molar-refractivity contribution is -0.151. The fourth-order valence-corrected chi connectivity index (χ4v) is 19.6. The highest BCUT2D eigenvalue weighted by Gasteiger charge is 2.55. The maximum Gasteiger partial charge on any atom is 0.261 e. The predicted molar refractivity (Wildman–Crippen MR) is 340 cm³/mol. The number of carbonyl (C=O) groups is 2. The van der Waals surface area contributed by atoms with Gasteiger partial charge < -0.3 is 28.7 Å². The normalized spacial score (nSPS) is 20.0. The van der Waals surface area contributed by atoms with Gasteiger partial charge in [-0.1, -0.05) is 158 Å². The molecule has 0 saturated heterocycles. The van der Waals surface area contributed by atoms with E-state index in [1.807, 2.05) is 60.2 Å². The van der Waals surface area contributed by atoms with Crippen LogP contribution in [0.1, 0.15) is 244 Å². The van der Waals surface area contributed by atoms with Crippen molar-refractivity contribution in [2.75, 3.05) is 39.5 Å². The lowest BCUT2D eigenvalue weighted by Crippen LogP contribution is -2.39. The molecule has 0 spiro atoms. The lowest BCUT2D eigenvalue weighted by atomic mass is 9.61. The molecule has 0 aromatic carbocycles. The van der Waals surface area contributed by atoms with Gasteiger partial charge in [-0.15, -0.1) is 45.3 Å². The van der Waals surface area contributed by atoms with Gasteiger partial charge in [0.25, 0.3) is 11.8 Å². The monoisotopic (exact) mass is 1170 g/mol. The standard InChI is InChI=1S/C68H100N2O6S4/c1-13-25-29-33-48(20-8)68(42-47(19-7)32-28-16-4)50-35-37-78-62(50)64-52(68)39-54(80-64)60-58-57(65(71)70(60)44-56(75-23-11)76-24-12)59(69(66(58)72)43-55(73-21-9)74-22-10)53-38-51-63(79-53)61-49(34-36-77-61)67(51,40-45(17-5)30-26-14-2)41-46(18-6)31-27-15-3/h34-39,45-48,55-56H,13-33,40-44H2,1-12H3. The Hall–Kier alpha value is -2.94. The summed E-state index contributed by atoms with van der Waals surface area (Å²) in [4.78, 5) is 43.6. The molecule has 2 aliphatic carbocycles. The molecule has 0 saturated carbocycles. The van der Waals surface area contributed by atoms with Crippen molar-refractivity contribution >= 4 is 68.6 Å². The van der Waals surface area contributed by atoms with Crippen LogP contribution in [-0.2, 0) is 39.4 Å². The number of fused-ring (bicyclic) bond motifs is 7. The van der Waals surface area contributed by atoms with Crippen LogP contribution in [0.4, 0.5) is 0 Å². The number of hydrogen-bond donors (Lipinski definition) is 0. The molecular formula is C68H100N2O6S4. The van der Waals surface area contributed by atoms with Gasteiger partial charge in [0, 0.05) is 56.8 Å². The van der Waals surface area contributed by atoms with Gasteiger partial charge in [0.2, 0.25) is 0 Å². The average Bonchev–Trinajstić information content (AvgIpc) is 4.36. The number of carbonyl (C=O) groups excluding carboxylic acids is 2. The Labute approximate surface area is 499 Å². The number of ether oxygens (including phenoxy) is 4. The maximum atomic E-state index is 16.3. The summed E-state index contributed by atoms with van der Waals surface area (Å²) in [5.41, 5.74) is 7.82. The Morgan fingerprint density at radius 2 is 0.887 bits per heavy atom. The summed E-state index contributed by atoms with van der Waals surface area (Å²) in [5.74, 6) is 1.86. The molecule has 6 heterocycles. The highest BCUT2D eigenvalue weighted by Crippen LogP contribution is 2.65. The largest absolute Gasteiger partial charge is 0.351 e. The minimum atomic E-state index is -0.678. The molecule has 12 heteroatoms. The lowest BCUT2D eigenvalue weighted by Gasteiger charge is -2.41. The third kappa shape index (κ3) is 12.3. The van der Waals surface area contributed by atoms with Crippen LogP contribution >= 0.6 is 45.3 Å². The number of thiophene rings is 4. The predicted octanol–water partition coefficient (Wildman–Crippen LogP) is 19.5. The first-order valence-corrected chi connectivity index (χ1v) is 35.4. The van der Waals surface area contributed by atoms with E-state index < -0.39 is 12.6 Å². The van der Waals surface area contributed by atoms with E-state index >= 15 is 9.59 Å². The second-order valence-electron chi connectivity index (χ2n) is 23.5. The first kappa shape index (κ1) is 63.1. The summed E-state index contributed by atoms with van der Waals surface area (Å²) in [5, 5.41) is 4.64. The van der Waals surface area contributed by atoms with Gasteiger partial charge in [0.15, 0.2) is 12.6 Å². The number of hydrogen-bond acceptors (Lipinski definition) is 10. The van der Waals surface area contributed by atoms with Crippen LogP contribution in [-0.4, -0.2) is 73.7 Å². The Kier molecular flexibility index (Phi) is 23.1. The van der Waals surface area contributed by atoms with Crippen LogP contribution in [0.3, 0.4) is 0 Å². The zero-order chi connectivity index (χ0) is 57.1. The van der Waals surface area contributed by atoms with Crippen LogP contribution in [0, 0.1) is 23.7 Å². The van der Waals surface area contributed by atoms with Gasteiger partial charge in [0.1, 0.15) is 0 Å². The Morgan fingerprint density at radius 1 is 0.463 bits per heavy atom. The molecule has 0 N–H and O–H groups in total. The van der Waals surface area contributed by atoms with Gasteiger partial charge in [-0.05, 0) is 134 Å².